The van der Waals surface area contributed by atoms with Gasteiger partial charge in [-0.15, -0.1) is 0 Å². The third-order valence-electron chi connectivity index (χ3n) is 5.86. The lowest BCUT2D eigenvalue weighted by Gasteiger charge is -2.34. The molecule has 1 fully saturated rings. The highest BCUT2D eigenvalue weighted by atomic mass is 19.2. The first-order chi connectivity index (χ1) is 15.9. The number of piperazine rings is 1. The molecule has 6 nitrogen and oxygen atoms in total. The van der Waals surface area contributed by atoms with Gasteiger partial charge in [-0.25, -0.2) is 13.5 Å². The monoisotopic (exact) mass is 454 g/mol. The fourth-order valence-electron chi connectivity index (χ4n) is 3.82. The molecule has 2 heterocycles. The zero-order valence-electron chi connectivity index (χ0n) is 18.9. The summed E-state index contributed by atoms with van der Waals surface area (Å²) in [5.74, 6) is -0.587. The minimum Gasteiger partial charge on any atom is -0.471 e. The molecular formula is C25H28F2N4O2. The van der Waals surface area contributed by atoms with Crippen molar-refractivity contribution in [1.82, 2.24) is 19.6 Å². The molecule has 0 radical (unpaired) electrons. The molecule has 2 aromatic carbocycles. The molecule has 1 saturated heterocycles. The van der Waals surface area contributed by atoms with Gasteiger partial charge >= 0.3 is 0 Å². The number of hydrogen-bond acceptors (Lipinski definition) is 4. The topological polar surface area (TPSA) is 50.6 Å². The number of amides is 1. The summed E-state index contributed by atoms with van der Waals surface area (Å²) < 4.78 is 34.7. The molecule has 1 amide bonds. The Morgan fingerprint density at radius 3 is 2.45 bits per heavy atom. The second-order valence-electron chi connectivity index (χ2n) is 8.52. The number of hydrogen-bond donors (Lipinski definition) is 0. The van der Waals surface area contributed by atoms with Crippen molar-refractivity contribution in [2.24, 2.45) is 0 Å². The summed E-state index contributed by atoms with van der Waals surface area (Å²) in [6, 6.07) is 13.8. The Kier molecular flexibility index (Phi) is 7.03. The van der Waals surface area contributed by atoms with Crippen LogP contribution in [-0.2, 0) is 13.3 Å². The average Bonchev–Trinajstić information content (AvgIpc) is 3.30. The van der Waals surface area contributed by atoms with Crippen LogP contribution in [0.5, 0.6) is 5.75 Å². The Bertz CT molecular complexity index is 1090. The van der Waals surface area contributed by atoms with E-state index in [4.69, 9.17) is 4.74 Å². The zero-order chi connectivity index (χ0) is 23.4. The average molecular weight is 455 g/mol. The van der Waals surface area contributed by atoms with Crippen molar-refractivity contribution < 1.29 is 18.3 Å². The molecule has 0 N–H and O–H groups in total. The zero-order valence-corrected chi connectivity index (χ0v) is 18.9. The largest absolute Gasteiger partial charge is 0.471 e. The van der Waals surface area contributed by atoms with Gasteiger partial charge in [-0.05, 0) is 35.7 Å². The van der Waals surface area contributed by atoms with Crippen LogP contribution < -0.4 is 4.74 Å². The van der Waals surface area contributed by atoms with E-state index in [9.17, 15) is 13.6 Å². The Balaban J connectivity index is 1.27. The van der Waals surface area contributed by atoms with E-state index in [1.165, 1.54) is 11.6 Å². The summed E-state index contributed by atoms with van der Waals surface area (Å²) >= 11 is 0. The molecule has 4 rings (SSSR count). The van der Waals surface area contributed by atoms with Crippen LogP contribution in [0.15, 0.2) is 54.7 Å². The second-order valence-corrected chi connectivity index (χ2v) is 8.52. The van der Waals surface area contributed by atoms with Crippen LogP contribution in [0, 0.1) is 11.6 Å². The molecule has 1 aliphatic rings. The van der Waals surface area contributed by atoms with Crippen LogP contribution in [0.3, 0.4) is 0 Å². The maximum Gasteiger partial charge on any atom is 0.274 e. The summed E-state index contributed by atoms with van der Waals surface area (Å²) in [5.41, 5.74) is 1.93. The van der Waals surface area contributed by atoms with E-state index >= 15 is 0 Å². The second kappa shape index (κ2) is 10.1. The van der Waals surface area contributed by atoms with E-state index in [1.54, 1.807) is 27.9 Å². The highest BCUT2D eigenvalue weighted by molar-refractivity contribution is 5.92. The first-order valence-electron chi connectivity index (χ1n) is 11.1. The fourth-order valence-corrected chi connectivity index (χ4v) is 3.82. The van der Waals surface area contributed by atoms with Crippen LogP contribution in [0.25, 0.3) is 0 Å². The van der Waals surface area contributed by atoms with Crippen molar-refractivity contribution in [1.29, 1.82) is 0 Å². The highest BCUT2D eigenvalue weighted by Gasteiger charge is 2.24. The van der Waals surface area contributed by atoms with Gasteiger partial charge < -0.3 is 9.64 Å². The molecule has 174 valence electrons. The predicted octanol–water partition coefficient (Wildman–Crippen LogP) is 4.28. The molecule has 0 atom stereocenters. The third-order valence-corrected chi connectivity index (χ3v) is 5.86. The van der Waals surface area contributed by atoms with E-state index in [0.29, 0.717) is 49.9 Å². The van der Waals surface area contributed by atoms with E-state index in [1.807, 2.05) is 29.2 Å². The van der Waals surface area contributed by atoms with Gasteiger partial charge in [0.05, 0.1) is 0 Å². The van der Waals surface area contributed by atoms with Gasteiger partial charge in [0, 0.05) is 44.5 Å². The normalized spacial score (nSPS) is 14.6. The van der Waals surface area contributed by atoms with Crippen molar-refractivity contribution in [2.45, 2.75) is 33.0 Å². The number of carbonyl (C=O) groups excluding carboxylic acids is 1. The molecule has 1 aromatic heterocycles. The molecule has 33 heavy (non-hydrogen) atoms. The van der Waals surface area contributed by atoms with Gasteiger partial charge in [0.15, 0.2) is 24.1 Å². The Morgan fingerprint density at radius 2 is 1.76 bits per heavy atom. The lowest BCUT2D eigenvalue weighted by Crippen LogP contribution is -2.48. The standard InChI is InChI=1S/C25H28F2N4O2/c1-18(2)19-6-8-21(9-7-19)33-17-31-11-10-23(28-31)25(32)30-14-12-29(13-15-30)16-20-4-3-5-22(26)24(20)27/h3-11,18H,12-17H2,1-2H3. The summed E-state index contributed by atoms with van der Waals surface area (Å²) in [7, 11) is 0. The first-order valence-corrected chi connectivity index (χ1v) is 11.1. The van der Waals surface area contributed by atoms with E-state index < -0.39 is 11.6 Å². The van der Waals surface area contributed by atoms with Crippen LogP contribution in [-0.4, -0.2) is 51.7 Å². The molecule has 8 heteroatoms. The number of benzene rings is 2. The fraction of sp³-hybridized carbons (Fsp3) is 0.360. The lowest BCUT2D eigenvalue weighted by atomic mass is 10.0. The SMILES string of the molecule is CC(C)c1ccc(OCn2ccc(C(=O)N3CCN(Cc4cccc(F)c4F)CC3)n2)cc1. The van der Waals surface area contributed by atoms with E-state index in [-0.39, 0.29) is 12.6 Å². The molecule has 0 aliphatic carbocycles. The third kappa shape index (κ3) is 5.57. The van der Waals surface area contributed by atoms with Gasteiger partial charge in [0.25, 0.3) is 5.91 Å². The predicted molar refractivity (Wildman–Crippen MR) is 121 cm³/mol. The summed E-state index contributed by atoms with van der Waals surface area (Å²) in [6.45, 7) is 6.97. The van der Waals surface area contributed by atoms with Crippen LogP contribution in [0.2, 0.25) is 0 Å². The van der Waals surface area contributed by atoms with Gasteiger partial charge in [-0.2, -0.15) is 5.10 Å². The van der Waals surface area contributed by atoms with Crippen molar-refractivity contribution >= 4 is 5.91 Å². The summed E-state index contributed by atoms with van der Waals surface area (Å²) in [6.07, 6.45) is 1.72. The molecule has 0 spiro atoms. The highest BCUT2D eigenvalue weighted by Crippen LogP contribution is 2.19. The molecule has 1 aliphatic heterocycles. The Hall–Kier alpha value is -3.26. The number of halogens is 2. The minimum absolute atomic E-state index is 0.147. The molecule has 0 saturated carbocycles. The van der Waals surface area contributed by atoms with Gasteiger partial charge in [-0.1, -0.05) is 38.1 Å². The summed E-state index contributed by atoms with van der Waals surface area (Å²) in [4.78, 5) is 16.6. The maximum atomic E-state index is 13.9. The van der Waals surface area contributed by atoms with Crippen LogP contribution in [0.1, 0.15) is 41.4 Å². The van der Waals surface area contributed by atoms with Crippen molar-refractivity contribution in [2.75, 3.05) is 26.2 Å². The number of rotatable bonds is 7. The van der Waals surface area contributed by atoms with Gasteiger partial charge in [0.1, 0.15) is 5.75 Å². The lowest BCUT2D eigenvalue weighted by molar-refractivity contribution is 0.0619. The molecule has 0 unspecified atom stereocenters. The Labute approximate surface area is 192 Å². The van der Waals surface area contributed by atoms with Gasteiger partial charge in [-0.3, -0.25) is 9.69 Å². The summed E-state index contributed by atoms with van der Waals surface area (Å²) in [5, 5.41) is 4.35. The smallest absolute Gasteiger partial charge is 0.274 e. The van der Waals surface area contributed by atoms with Gasteiger partial charge in [0.2, 0.25) is 0 Å². The van der Waals surface area contributed by atoms with Crippen LogP contribution in [0.4, 0.5) is 8.78 Å². The number of aromatic nitrogens is 2. The molecule has 0 bridgehead atoms. The Morgan fingerprint density at radius 1 is 1.03 bits per heavy atom. The van der Waals surface area contributed by atoms with Crippen molar-refractivity contribution in [3.8, 4) is 5.75 Å². The minimum atomic E-state index is -0.839. The van der Waals surface area contributed by atoms with E-state index in [0.717, 1.165) is 11.8 Å². The number of carbonyl (C=O) groups is 1. The van der Waals surface area contributed by atoms with Crippen molar-refractivity contribution in [3.05, 3.63) is 83.2 Å². The maximum absolute atomic E-state index is 13.9. The number of ether oxygens (including phenoxy) is 1. The first kappa shape index (κ1) is 22.9. The molecule has 3 aromatic rings. The molecular weight excluding hydrogens is 426 g/mol. The van der Waals surface area contributed by atoms with E-state index in [2.05, 4.69) is 18.9 Å². The van der Waals surface area contributed by atoms with Crippen LogP contribution >= 0.6 is 0 Å². The number of nitrogens with zero attached hydrogens (tertiary/aromatic N) is 4. The van der Waals surface area contributed by atoms with Crippen molar-refractivity contribution in [3.63, 3.8) is 0 Å². The quantitative estimate of drug-likeness (QED) is 0.535.